The van der Waals surface area contributed by atoms with Crippen molar-refractivity contribution < 1.29 is 26.3 Å². The Bertz CT molecular complexity index is 654. The molecule has 0 unspecified atom stereocenters. The van der Waals surface area contributed by atoms with Gasteiger partial charge in [-0.2, -0.15) is 0 Å². The molecule has 0 heterocycles. The van der Waals surface area contributed by atoms with Crippen LogP contribution in [-0.4, -0.2) is 13.1 Å². The quantitative estimate of drug-likeness (QED) is 0.346. The molecule has 0 saturated heterocycles. The average Bonchev–Trinajstić information content (AvgIpc) is 2.59. The van der Waals surface area contributed by atoms with Gasteiger partial charge in [-0.15, -0.1) is 0 Å². The summed E-state index contributed by atoms with van der Waals surface area (Å²) in [6, 6.07) is 4.22. The normalized spacial score (nSPS) is 10.3. The number of hydrogen-bond donors (Lipinski definition) is 1. The zero-order valence-corrected chi connectivity index (χ0v) is 13.2. The number of nitrogens with one attached hydrogen (secondary N) is 1. The zero-order valence-electron chi connectivity index (χ0n) is 13.2. The topological polar surface area (TPSA) is 12.0 Å². The molecular weight excluding hydrogens is 332 g/mol. The van der Waals surface area contributed by atoms with Crippen LogP contribution in [0, 0.1) is 34.9 Å². The summed E-state index contributed by atoms with van der Waals surface area (Å²) >= 11 is 0. The summed E-state index contributed by atoms with van der Waals surface area (Å²) in [4.78, 5) is 0. The summed E-state index contributed by atoms with van der Waals surface area (Å²) in [6.45, 7) is 6.56. The van der Waals surface area contributed by atoms with Crippen LogP contribution < -0.4 is 5.32 Å². The molecule has 0 radical (unpaired) electrons. The SMILES string of the molecule is CCCNCC.Fc1ccccc1-c1c(F)c(F)c(F)c(F)c1F. The molecule has 0 atom stereocenters. The molecule has 2 aromatic carbocycles. The summed E-state index contributed by atoms with van der Waals surface area (Å²) in [5.74, 6) is -11.7. The van der Waals surface area contributed by atoms with E-state index in [9.17, 15) is 26.3 Å². The van der Waals surface area contributed by atoms with Crippen LogP contribution >= 0.6 is 0 Å². The van der Waals surface area contributed by atoms with Gasteiger partial charge in [-0.25, -0.2) is 26.3 Å². The van der Waals surface area contributed by atoms with Crippen molar-refractivity contribution >= 4 is 0 Å². The molecule has 2 aromatic rings. The Morgan fingerprint density at radius 2 is 1.25 bits per heavy atom. The molecule has 0 spiro atoms. The van der Waals surface area contributed by atoms with E-state index in [1.807, 2.05) is 0 Å². The monoisotopic (exact) mass is 349 g/mol. The van der Waals surface area contributed by atoms with Crippen molar-refractivity contribution in [2.75, 3.05) is 13.1 Å². The van der Waals surface area contributed by atoms with Gasteiger partial charge >= 0.3 is 0 Å². The van der Waals surface area contributed by atoms with Crippen molar-refractivity contribution in [1.82, 2.24) is 5.32 Å². The Balaban J connectivity index is 0.000000413. The summed E-state index contributed by atoms with van der Waals surface area (Å²) in [5.41, 5.74) is -1.96. The fraction of sp³-hybridized carbons (Fsp3) is 0.294. The van der Waals surface area contributed by atoms with E-state index in [4.69, 9.17) is 0 Å². The summed E-state index contributed by atoms with van der Waals surface area (Å²) in [6.07, 6.45) is 1.24. The van der Waals surface area contributed by atoms with Crippen LogP contribution in [0.3, 0.4) is 0 Å². The second-order valence-corrected chi connectivity index (χ2v) is 4.78. The summed E-state index contributed by atoms with van der Waals surface area (Å²) < 4.78 is 78.8. The maximum Gasteiger partial charge on any atom is 0.200 e. The minimum atomic E-state index is -2.27. The molecule has 0 aliphatic rings. The van der Waals surface area contributed by atoms with E-state index >= 15 is 0 Å². The molecule has 2 rings (SSSR count). The van der Waals surface area contributed by atoms with E-state index in [1.165, 1.54) is 18.6 Å². The van der Waals surface area contributed by atoms with Gasteiger partial charge in [0.05, 0.1) is 5.56 Å². The lowest BCUT2D eigenvalue weighted by molar-refractivity contribution is 0.381. The van der Waals surface area contributed by atoms with E-state index in [0.717, 1.165) is 25.2 Å². The Morgan fingerprint density at radius 3 is 1.67 bits per heavy atom. The van der Waals surface area contributed by atoms with Crippen molar-refractivity contribution in [2.24, 2.45) is 0 Å². The Kier molecular flexibility index (Phi) is 7.78. The molecule has 0 bridgehead atoms. The third-order valence-electron chi connectivity index (χ3n) is 3.03. The summed E-state index contributed by atoms with van der Waals surface area (Å²) in [7, 11) is 0. The van der Waals surface area contributed by atoms with E-state index in [2.05, 4.69) is 19.2 Å². The molecule has 0 aliphatic carbocycles. The average molecular weight is 349 g/mol. The largest absolute Gasteiger partial charge is 0.317 e. The Hall–Kier alpha value is -2.02. The third kappa shape index (κ3) is 4.50. The van der Waals surface area contributed by atoms with Gasteiger partial charge in [-0.3, -0.25) is 0 Å². The van der Waals surface area contributed by atoms with Gasteiger partial charge < -0.3 is 5.32 Å². The molecule has 0 saturated carbocycles. The second kappa shape index (κ2) is 9.32. The van der Waals surface area contributed by atoms with E-state index in [0.29, 0.717) is 0 Å². The molecule has 132 valence electrons. The molecule has 0 aliphatic heterocycles. The highest BCUT2D eigenvalue weighted by Crippen LogP contribution is 2.32. The van der Waals surface area contributed by atoms with Gasteiger partial charge in [0.2, 0.25) is 5.82 Å². The van der Waals surface area contributed by atoms with Gasteiger partial charge in [0.25, 0.3) is 0 Å². The van der Waals surface area contributed by atoms with Crippen molar-refractivity contribution in [3.8, 4) is 11.1 Å². The first-order chi connectivity index (χ1) is 11.4. The third-order valence-corrected chi connectivity index (χ3v) is 3.03. The van der Waals surface area contributed by atoms with Crippen molar-refractivity contribution in [3.63, 3.8) is 0 Å². The fourth-order valence-corrected chi connectivity index (χ4v) is 1.86. The van der Waals surface area contributed by atoms with Crippen molar-refractivity contribution in [2.45, 2.75) is 20.3 Å². The maximum atomic E-state index is 13.4. The molecule has 0 fully saturated rings. The Labute approximate surface area is 136 Å². The predicted molar refractivity (Wildman–Crippen MR) is 80.5 cm³/mol. The molecular formula is C17H17F6N. The molecule has 1 nitrogen and oxygen atoms in total. The minimum Gasteiger partial charge on any atom is -0.317 e. The van der Waals surface area contributed by atoms with Crippen LogP contribution in [0.15, 0.2) is 24.3 Å². The molecule has 0 aromatic heterocycles. The summed E-state index contributed by atoms with van der Waals surface area (Å²) in [5, 5.41) is 3.20. The van der Waals surface area contributed by atoms with Crippen molar-refractivity contribution in [1.29, 1.82) is 0 Å². The lowest BCUT2D eigenvalue weighted by Gasteiger charge is -2.08. The predicted octanol–water partition coefficient (Wildman–Crippen LogP) is 5.19. The first-order valence-electron chi connectivity index (χ1n) is 7.33. The maximum absolute atomic E-state index is 13.4. The minimum absolute atomic E-state index is 0.690. The lowest BCUT2D eigenvalue weighted by atomic mass is 10.0. The van der Waals surface area contributed by atoms with E-state index in [1.54, 1.807) is 0 Å². The highest BCUT2D eigenvalue weighted by Gasteiger charge is 2.27. The highest BCUT2D eigenvalue weighted by molar-refractivity contribution is 5.65. The van der Waals surface area contributed by atoms with Crippen LogP contribution in [0.4, 0.5) is 26.3 Å². The van der Waals surface area contributed by atoms with Crippen LogP contribution in [0.1, 0.15) is 20.3 Å². The molecule has 24 heavy (non-hydrogen) atoms. The van der Waals surface area contributed by atoms with Gasteiger partial charge in [0.15, 0.2) is 23.3 Å². The fourth-order valence-electron chi connectivity index (χ4n) is 1.86. The van der Waals surface area contributed by atoms with Crippen LogP contribution in [0.2, 0.25) is 0 Å². The van der Waals surface area contributed by atoms with E-state index in [-0.39, 0.29) is 0 Å². The van der Waals surface area contributed by atoms with Crippen molar-refractivity contribution in [3.05, 3.63) is 59.2 Å². The lowest BCUT2D eigenvalue weighted by Crippen LogP contribution is -2.12. The van der Waals surface area contributed by atoms with Gasteiger partial charge in [-0.05, 0) is 25.6 Å². The molecule has 0 amide bonds. The van der Waals surface area contributed by atoms with Crippen LogP contribution in [-0.2, 0) is 0 Å². The number of hydrogen-bond acceptors (Lipinski definition) is 1. The van der Waals surface area contributed by atoms with Gasteiger partial charge in [0.1, 0.15) is 5.82 Å². The van der Waals surface area contributed by atoms with Crippen LogP contribution in [0.5, 0.6) is 0 Å². The van der Waals surface area contributed by atoms with Gasteiger partial charge in [-0.1, -0.05) is 32.0 Å². The Morgan fingerprint density at radius 1 is 0.750 bits per heavy atom. The number of rotatable bonds is 4. The highest BCUT2D eigenvalue weighted by atomic mass is 19.2. The first kappa shape index (κ1) is 20.0. The van der Waals surface area contributed by atoms with E-state index < -0.39 is 46.0 Å². The zero-order chi connectivity index (χ0) is 18.3. The first-order valence-corrected chi connectivity index (χ1v) is 7.33. The standard InChI is InChI=1S/C12H4F6.C5H13N/c13-6-4-2-1-3-5(6)7-8(14)10(16)12(18)11(17)9(7)15;1-3-5-6-4-2/h1-4H;6H,3-5H2,1-2H3. The smallest absolute Gasteiger partial charge is 0.200 e. The van der Waals surface area contributed by atoms with Gasteiger partial charge in [0, 0.05) is 5.56 Å². The van der Waals surface area contributed by atoms with Crippen LogP contribution in [0.25, 0.3) is 11.1 Å². The second-order valence-electron chi connectivity index (χ2n) is 4.78. The number of halogens is 6. The molecule has 1 N–H and O–H groups in total. The molecule has 7 heteroatoms. The number of benzene rings is 2.